The molecular weight excluding hydrogens is 316 g/mol. The van der Waals surface area contributed by atoms with Gasteiger partial charge in [-0.1, -0.05) is 0 Å². The second kappa shape index (κ2) is 5.86. The Morgan fingerprint density at radius 1 is 1.13 bits per heavy atom. The highest BCUT2D eigenvalue weighted by molar-refractivity contribution is 7.89. The maximum Gasteiger partial charge on any atom is 0.317 e. The van der Waals surface area contributed by atoms with E-state index in [1.54, 1.807) is 24.1 Å². The summed E-state index contributed by atoms with van der Waals surface area (Å²) in [5.41, 5.74) is 0.994. The lowest BCUT2D eigenvalue weighted by Gasteiger charge is -2.33. The van der Waals surface area contributed by atoms with Crippen molar-refractivity contribution in [1.29, 1.82) is 0 Å². The van der Waals surface area contributed by atoms with Gasteiger partial charge >= 0.3 is 6.03 Å². The first kappa shape index (κ1) is 15.8. The number of urea groups is 1. The number of nitrogens with one attached hydrogen (secondary N) is 1. The summed E-state index contributed by atoms with van der Waals surface area (Å²) < 4.78 is 29.0. The van der Waals surface area contributed by atoms with Crippen LogP contribution in [0.4, 0.5) is 4.79 Å². The maximum atomic E-state index is 12.8. The van der Waals surface area contributed by atoms with E-state index in [9.17, 15) is 13.2 Å². The topological polar surface area (TPSA) is 74.7 Å². The summed E-state index contributed by atoms with van der Waals surface area (Å²) in [6.45, 7) is 1.41. The summed E-state index contributed by atoms with van der Waals surface area (Å²) in [6, 6.07) is 6.90. The van der Waals surface area contributed by atoms with E-state index in [1.165, 1.54) is 4.31 Å². The molecule has 0 bridgehead atoms. The number of nitrogens with zero attached hydrogens (tertiary/aromatic N) is 3. The number of carbonyl (C=O) groups is 1. The summed E-state index contributed by atoms with van der Waals surface area (Å²) in [5.74, 6) is 0. The number of fused-ring (bicyclic) bond motifs is 1. The zero-order valence-electron chi connectivity index (χ0n) is 13.2. The Morgan fingerprint density at radius 2 is 1.83 bits per heavy atom. The Balaban J connectivity index is 1.82. The van der Waals surface area contributed by atoms with Crippen LogP contribution in [-0.4, -0.2) is 61.4 Å². The Morgan fingerprint density at radius 3 is 2.48 bits per heavy atom. The van der Waals surface area contributed by atoms with Gasteiger partial charge < -0.3 is 14.8 Å². The SMILES string of the molecule is CNC(=O)N1CCN(S(=O)(=O)c2ccc3c(ccn3C)c2)CC1. The van der Waals surface area contributed by atoms with E-state index in [1.807, 2.05) is 29.9 Å². The van der Waals surface area contributed by atoms with Gasteiger partial charge in [-0.05, 0) is 24.3 Å². The molecule has 0 spiro atoms. The molecule has 0 unspecified atom stereocenters. The molecule has 8 heteroatoms. The molecule has 23 heavy (non-hydrogen) atoms. The lowest BCUT2D eigenvalue weighted by atomic mass is 10.2. The molecule has 3 rings (SSSR count). The van der Waals surface area contributed by atoms with Crippen molar-refractivity contribution >= 4 is 27.0 Å². The monoisotopic (exact) mass is 336 g/mol. The number of hydrogen-bond donors (Lipinski definition) is 1. The third-order valence-electron chi connectivity index (χ3n) is 4.23. The smallest absolute Gasteiger partial charge is 0.317 e. The van der Waals surface area contributed by atoms with Crippen molar-refractivity contribution in [3.8, 4) is 0 Å². The van der Waals surface area contributed by atoms with E-state index in [4.69, 9.17) is 0 Å². The Hall–Kier alpha value is -2.06. The fourth-order valence-corrected chi connectivity index (χ4v) is 4.32. The van der Waals surface area contributed by atoms with E-state index >= 15 is 0 Å². The molecule has 1 aliphatic rings. The fraction of sp³-hybridized carbons (Fsp3) is 0.400. The minimum Gasteiger partial charge on any atom is -0.351 e. The quantitative estimate of drug-likeness (QED) is 0.882. The summed E-state index contributed by atoms with van der Waals surface area (Å²) >= 11 is 0. The summed E-state index contributed by atoms with van der Waals surface area (Å²) in [7, 11) is -0.0393. The van der Waals surface area contributed by atoms with Crippen LogP contribution in [-0.2, 0) is 17.1 Å². The predicted molar refractivity (Wildman–Crippen MR) is 87.7 cm³/mol. The molecule has 1 aromatic heterocycles. The van der Waals surface area contributed by atoms with Gasteiger partial charge in [0.2, 0.25) is 10.0 Å². The lowest BCUT2D eigenvalue weighted by Crippen LogP contribution is -2.52. The van der Waals surface area contributed by atoms with Crippen LogP contribution in [0.2, 0.25) is 0 Å². The van der Waals surface area contributed by atoms with E-state index in [-0.39, 0.29) is 6.03 Å². The van der Waals surface area contributed by atoms with E-state index in [0.29, 0.717) is 31.1 Å². The number of sulfonamides is 1. The molecule has 0 aliphatic carbocycles. The van der Waals surface area contributed by atoms with Crippen LogP contribution in [0.15, 0.2) is 35.4 Å². The predicted octanol–water partition coefficient (Wildman–Crippen LogP) is 0.824. The number of hydrogen-bond acceptors (Lipinski definition) is 3. The van der Waals surface area contributed by atoms with Gasteiger partial charge in [-0.2, -0.15) is 4.31 Å². The number of aromatic nitrogens is 1. The first-order chi connectivity index (χ1) is 10.9. The second-order valence-electron chi connectivity index (χ2n) is 5.59. The molecule has 2 heterocycles. The first-order valence-corrected chi connectivity index (χ1v) is 8.89. The largest absolute Gasteiger partial charge is 0.351 e. The second-order valence-corrected chi connectivity index (χ2v) is 7.53. The van der Waals surface area contributed by atoms with Crippen LogP contribution in [0.25, 0.3) is 10.9 Å². The van der Waals surface area contributed by atoms with E-state index in [2.05, 4.69) is 5.32 Å². The molecule has 1 aromatic carbocycles. The van der Waals surface area contributed by atoms with Crippen molar-refractivity contribution < 1.29 is 13.2 Å². The van der Waals surface area contributed by atoms with E-state index in [0.717, 1.165) is 10.9 Å². The Labute approximate surface area is 135 Å². The average Bonchev–Trinajstić information content (AvgIpc) is 2.95. The van der Waals surface area contributed by atoms with Crippen molar-refractivity contribution in [1.82, 2.24) is 19.1 Å². The molecule has 1 N–H and O–H groups in total. The van der Waals surface area contributed by atoms with Gasteiger partial charge in [0.1, 0.15) is 0 Å². The molecule has 124 valence electrons. The number of carbonyl (C=O) groups excluding carboxylic acids is 1. The highest BCUT2D eigenvalue weighted by Crippen LogP contribution is 2.23. The normalized spacial score (nSPS) is 16.7. The third-order valence-corrected chi connectivity index (χ3v) is 6.13. The van der Waals surface area contributed by atoms with Crippen molar-refractivity contribution in [3.63, 3.8) is 0 Å². The van der Waals surface area contributed by atoms with Gasteiger partial charge in [0.15, 0.2) is 0 Å². The van der Waals surface area contributed by atoms with Crippen LogP contribution in [0.1, 0.15) is 0 Å². The van der Waals surface area contributed by atoms with Crippen molar-refractivity contribution in [2.24, 2.45) is 7.05 Å². The summed E-state index contributed by atoms with van der Waals surface area (Å²) in [5, 5.41) is 3.46. The highest BCUT2D eigenvalue weighted by atomic mass is 32.2. The lowest BCUT2D eigenvalue weighted by molar-refractivity contribution is 0.174. The number of rotatable bonds is 2. The van der Waals surface area contributed by atoms with Crippen LogP contribution in [0, 0.1) is 0 Å². The molecule has 0 atom stereocenters. The molecule has 0 radical (unpaired) electrons. The molecule has 1 aliphatic heterocycles. The molecular formula is C15H20N4O3S. The maximum absolute atomic E-state index is 12.8. The third kappa shape index (κ3) is 2.79. The standard InChI is InChI=1S/C15H20N4O3S/c1-16-15(20)18-7-9-19(10-8-18)23(21,22)13-3-4-14-12(11-13)5-6-17(14)2/h3-6,11H,7-10H2,1-2H3,(H,16,20). The zero-order chi connectivity index (χ0) is 16.6. The van der Waals surface area contributed by atoms with Crippen LogP contribution >= 0.6 is 0 Å². The fourth-order valence-electron chi connectivity index (χ4n) is 2.86. The Bertz CT molecular complexity index is 836. The zero-order valence-corrected chi connectivity index (χ0v) is 14.0. The molecule has 1 saturated heterocycles. The number of piperazine rings is 1. The number of aryl methyl sites for hydroxylation is 1. The van der Waals surface area contributed by atoms with Gasteiger partial charge in [0, 0.05) is 57.4 Å². The number of benzene rings is 1. The van der Waals surface area contributed by atoms with E-state index < -0.39 is 10.0 Å². The minimum atomic E-state index is -3.53. The molecule has 2 aromatic rings. The van der Waals surface area contributed by atoms with Gasteiger partial charge in [-0.3, -0.25) is 0 Å². The minimum absolute atomic E-state index is 0.173. The van der Waals surface area contributed by atoms with Crippen molar-refractivity contribution in [2.45, 2.75) is 4.90 Å². The number of amides is 2. The Kier molecular flexibility index (Phi) is 4.03. The highest BCUT2D eigenvalue weighted by Gasteiger charge is 2.30. The van der Waals surface area contributed by atoms with Gasteiger partial charge in [-0.15, -0.1) is 0 Å². The van der Waals surface area contributed by atoms with Crippen molar-refractivity contribution in [3.05, 3.63) is 30.5 Å². The summed E-state index contributed by atoms with van der Waals surface area (Å²) in [4.78, 5) is 13.5. The van der Waals surface area contributed by atoms with Gasteiger partial charge in [-0.25, -0.2) is 13.2 Å². The van der Waals surface area contributed by atoms with Gasteiger partial charge in [0.25, 0.3) is 0 Å². The molecule has 0 saturated carbocycles. The molecule has 7 nitrogen and oxygen atoms in total. The van der Waals surface area contributed by atoms with Crippen LogP contribution < -0.4 is 5.32 Å². The van der Waals surface area contributed by atoms with Crippen LogP contribution in [0.5, 0.6) is 0 Å². The summed E-state index contributed by atoms with van der Waals surface area (Å²) in [6.07, 6.45) is 1.91. The van der Waals surface area contributed by atoms with Crippen molar-refractivity contribution in [2.75, 3.05) is 33.2 Å². The average molecular weight is 336 g/mol. The van der Waals surface area contributed by atoms with Gasteiger partial charge in [0.05, 0.1) is 4.90 Å². The molecule has 2 amide bonds. The first-order valence-electron chi connectivity index (χ1n) is 7.45. The molecule has 1 fully saturated rings. The van der Waals surface area contributed by atoms with Crippen LogP contribution in [0.3, 0.4) is 0 Å².